The standard InChI is InChI=1S/C18H22ClN3O2/c1-12-9-13(2)11-21(10-12)18(24)16-7-8-17(23)22(20-16)15-5-3-14(19)4-6-15/h3-6,12-13H,7-11H2,1-2H3/t12-,13-/m0/s1. The minimum absolute atomic E-state index is 0.0418. The Kier molecular flexibility index (Phi) is 4.90. The molecule has 5 nitrogen and oxygen atoms in total. The van der Waals surface area contributed by atoms with Gasteiger partial charge < -0.3 is 4.90 Å². The van der Waals surface area contributed by atoms with Crippen LogP contribution < -0.4 is 5.01 Å². The number of rotatable bonds is 2. The Bertz CT molecular complexity index is 661. The molecule has 0 saturated carbocycles. The Morgan fingerprint density at radius 2 is 1.75 bits per heavy atom. The van der Waals surface area contributed by atoms with Gasteiger partial charge in [0, 0.05) is 31.0 Å². The fourth-order valence-corrected chi connectivity index (χ4v) is 3.63. The smallest absolute Gasteiger partial charge is 0.270 e. The van der Waals surface area contributed by atoms with Crippen LogP contribution in [0.2, 0.25) is 5.02 Å². The van der Waals surface area contributed by atoms with Crippen LogP contribution >= 0.6 is 11.6 Å². The van der Waals surface area contributed by atoms with Crippen molar-refractivity contribution in [3.63, 3.8) is 0 Å². The van der Waals surface area contributed by atoms with E-state index in [0.717, 1.165) is 19.5 Å². The Hall–Kier alpha value is -1.88. The average Bonchev–Trinajstić information content (AvgIpc) is 2.55. The van der Waals surface area contributed by atoms with Crippen LogP contribution in [0.1, 0.15) is 33.1 Å². The van der Waals surface area contributed by atoms with E-state index in [1.165, 1.54) is 5.01 Å². The zero-order valence-corrected chi connectivity index (χ0v) is 14.8. The van der Waals surface area contributed by atoms with Crippen molar-refractivity contribution in [1.29, 1.82) is 0 Å². The molecule has 0 aromatic heterocycles. The number of hydrogen-bond donors (Lipinski definition) is 0. The highest BCUT2D eigenvalue weighted by Gasteiger charge is 2.31. The van der Waals surface area contributed by atoms with Crippen LogP contribution in [0, 0.1) is 11.8 Å². The third-order valence-corrected chi connectivity index (χ3v) is 4.76. The summed E-state index contributed by atoms with van der Waals surface area (Å²) >= 11 is 5.89. The number of hydrogen-bond acceptors (Lipinski definition) is 3. The highest BCUT2D eigenvalue weighted by Crippen LogP contribution is 2.25. The molecule has 0 spiro atoms. The number of anilines is 1. The number of carbonyl (C=O) groups excluding carboxylic acids is 2. The summed E-state index contributed by atoms with van der Waals surface area (Å²) in [6.07, 6.45) is 1.85. The molecule has 1 aromatic rings. The Morgan fingerprint density at radius 1 is 1.12 bits per heavy atom. The predicted octanol–water partition coefficient (Wildman–Crippen LogP) is 3.33. The first kappa shape index (κ1) is 17.0. The molecule has 0 N–H and O–H groups in total. The van der Waals surface area contributed by atoms with E-state index in [1.54, 1.807) is 24.3 Å². The van der Waals surface area contributed by atoms with E-state index in [0.29, 0.717) is 41.1 Å². The number of halogens is 1. The van der Waals surface area contributed by atoms with Gasteiger partial charge in [-0.25, -0.2) is 5.01 Å². The van der Waals surface area contributed by atoms with Gasteiger partial charge in [-0.05, 0) is 42.5 Å². The van der Waals surface area contributed by atoms with Crippen LogP contribution in [0.15, 0.2) is 29.4 Å². The normalized spacial score (nSPS) is 24.8. The predicted molar refractivity (Wildman–Crippen MR) is 95.1 cm³/mol. The summed E-state index contributed by atoms with van der Waals surface area (Å²) in [5.41, 5.74) is 1.10. The van der Waals surface area contributed by atoms with Crippen molar-refractivity contribution in [3.8, 4) is 0 Å². The lowest BCUT2D eigenvalue weighted by molar-refractivity contribution is -0.126. The van der Waals surface area contributed by atoms with Crippen molar-refractivity contribution in [2.45, 2.75) is 33.1 Å². The summed E-state index contributed by atoms with van der Waals surface area (Å²) in [5, 5.41) is 6.27. The maximum Gasteiger partial charge on any atom is 0.270 e. The van der Waals surface area contributed by atoms with Gasteiger partial charge >= 0.3 is 0 Å². The molecule has 2 amide bonds. The molecule has 2 aliphatic rings. The molecule has 1 aromatic carbocycles. The average molecular weight is 348 g/mol. The Labute approximate surface area is 147 Å². The Balaban J connectivity index is 1.82. The van der Waals surface area contributed by atoms with Gasteiger partial charge in [-0.2, -0.15) is 5.10 Å². The molecule has 2 atom stereocenters. The van der Waals surface area contributed by atoms with Crippen molar-refractivity contribution in [1.82, 2.24) is 4.90 Å². The van der Waals surface area contributed by atoms with E-state index in [9.17, 15) is 9.59 Å². The lowest BCUT2D eigenvalue weighted by atomic mass is 9.91. The molecule has 1 fully saturated rings. The number of benzene rings is 1. The van der Waals surface area contributed by atoms with Crippen molar-refractivity contribution < 1.29 is 9.59 Å². The molecule has 6 heteroatoms. The SMILES string of the molecule is C[C@H]1C[C@H](C)CN(C(=O)C2=NN(c3ccc(Cl)cc3)C(=O)CC2)C1. The van der Waals surface area contributed by atoms with E-state index in [1.807, 2.05) is 4.90 Å². The quantitative estimate of drug-likeness (QED) is 0.824. The summed E-state index contributed by atoms with van der Waals surface area (Å²) in [6.45, 7) is 5.86. The summed E-state index contributed by atoms with van der Waals surface area (Å²) < 4.78 is 0. The summed E-state index contributed by atoms with van der Waals surface area (Å²) in [5.74, 6) is 0.848. The molecule has 0 bridgehead atoms. The first-order chi connectivity index (χ1) is 11.4. The number of likely N-dealkylation sites (tertiary alicyclic amines) is 1. The molecule has 0 aliphatic carbocycles. The van der Waals surface area contributed by atoms with Gasteiger partial charge in [0.05, 0.1) is 5.69 Å². The van der Waals surface area contributed by atoms with Gasteiger partial charge in [0.15, 0.2) is 0 Å². The van der Waals surface area contributed by atoms with E-state index < -0.39 is 0 Å². The zero-order valence-electron chi connectivity index (χ0n) is 14.0. The second-order valence-electron chi connectivity index (χ2n) is 6.88. The highest BCUT2D eigenvalue weighted by atomic mass is 35.5. The van der Waals surface area contributed by atoms with Crippen LogP contribution in [0.3, 0.4) is 0 Å². The van der Waals surface area contributed by atoms with E-state index >= 15 is 0 Å². The number of hydrazone groups is 1. The van der Waals surface area contributed by atoms with Crippen LogP contribution in [-0.4, -0.2) is 35.5 Å². The van der Waals surface area contributed by atoms with E-state index in [4.69, 9.17) is 11.6 Å². The molecule has 1 saturated heterocycles. The minimum atomic E-state index is -0.103. The van der Waals surface area contributed by atoms with Crippen LogP contribution in [0.25, 0.3) is 0 Å². The van der Waals surface area contributed by atoms with Crippen molar-refractivity contribution in [2.75, 3.05) is 18.1 Å². The molecular formula is C18H22ClN3O2. The third kappa shape index (κ3) is 3.61. The summed E-state index contributed by atoms with van der Waals surface area (Å²) in [6, 6.07) is 6.90. The maximum atomic E-state index is 12.8. The fourth-order valence-electron chi connectivity index (χ4n) is 3.50. The van der Waals surface area contributed by atoms with Crippen molar-refractivity contribution in [3.05, 3.63) is 29.3 Å². The van der Waals surface area contributed by atoms with Crippen LogP contribution in [0.4, 0.5) is 5.69 Å². The van der Waals surface area contributed by atoms with Gasteiger partial charge in [-0.3, -0.25) is 9.59 Å². The zero-order chi connectivity index (χ0) is 17.3. The number of carbonyl (C=O) groups is 2. The Morgan fingerprint density at radius 3 is 2.38 bits per heavy atom. The molecule has 2 heterocycles. The van der Waals surface area contributed by atoms with Crippen LogP contribution in [-0.2, 0) is 9.59 Å². The molecule has 0 unspecified atom stereocenters. The van der Waals surface area contributed by atoms with Crippen LogP contribution in [0.5, 0.6) is 0 Å². The first-order valence-electron chi connectivity index (χ1n) is 8.39. The van der Waals surface area contributed by atoms with Gasteiger partial charge in [-0.15, -0.1) is 0 Å². The van der Waals surface area contributed by atoms with Crippen molar-refractivity contribution in [2.24, 2.45) is 16.9 Å². The van der Waals surface area contributed by atoms with Gasteiger partial charge in [0.2, 0.25) is 5.91 Å². The molecule has 3 rings (SSSR count). The second kappa shape index (κ2) is 6.93. The van der Waals surface area contributed by atoms with Crippen molar-refractivity contribution >= 4 is 34.8 Å². The number of nitrogens with zero attached hydrogens (tertiary/aromatic N) is 3. The lowest BCUT2D eigenvalue weighted by Crippen LogP contribution is -2.47. The maximum absolute atomic E-state index is 12.8. The molecular weight excluding hydrogens is 326 g/mol. The third-order valence-electron chi connectivity index (χ3n) is 4.51. The summed E-state index contributed by atoms with van der Waals surface area (Å²) in [4.78, 5) is 26.9. The molecule has 128 valence electrons. The van der Waals surface area contributed by atoms with Gasteiger partial charge in [-0.1, -0.05) is 25.4 Å². The topological polar surface area (TPSA) is 53.0 Å². The lowest BCUT2D eigenvalue weighted by Gasteiger charge is -2.36. The number of amides is 2. The molecule has 0 radical (unpaired) electrons. The first-order valence-corrected chi connectivity index (χ1v) is 8.77. The fraction of sp³-hybridized carbons (Fsp3) is 0.500. The summed E-state index contributed by atoms with van der Waals surface area (Å²) in [7, 11) is 0. The minimum Gasteiger partial charge on any atom is -0.337 e. The monoisotopic (exact) mass is 347 g/mol. The van der Waals surface area contributed by atoms with E-state index in [2.05, 4.69) is 18.9 Å². The van der Waals surface area contributed by atoms with E-state index in [-0.39, 0.29) is 11.8 Å². The highest BCUT2D eigenvalue weighted by molar-refractivity contribution is 6.40. The van der Waals surface area contributed by atoms with Gasteiger partial charge in [0.1, 0.15) is 5.71 Å². The number of piperidine rings is 1. The van der Waals surface area contributed by atoms with Gasteiger partial charge in [0.25, 0.3) is 5.91 Å². The molecule has 24 heavy (non-hydrogen) atoms. The second-order valence-corrected chi connectivity index (χ2v) is 7.32. The molecule has 2 aliphatic heterocycles. The largest absolute Gasteiger partial charge is 0.337 e.